The molecule has 2 aromatic carbocycles. The molecule has 0 radical (unpaired) electrons. The number of carbonyl (C=O) groups is 1. The molecule has 0 spiro atoms. The first-order valence-electron chi connectivity index (χ1n) is 11.0. The molecule has 6 heteroatoms. The molecule has 2 N–H and O–H groups in total. The van der Waals surface area contributed by atoms with Crippen LogP contribution in [-0.4, -0.2) is 26.0 Å². The SMILES string of the molecule is Cc1ccc(O)c(C)c1-c1cc2cnc(NC(=O)C3CCC3)cc2c2nc(C)c(C)nc12. The molecular weight excluding hydrogens is 400 g/mol. The minimum Gasteiger partial charge on any atom is -0.508 e. The number of hydrogen-bond acceptors (Lipinski definition) is 5. The first-order valence-corrected chi connectivity index (χ1v) is 11.0. The van der Waals surface area contributed by atoms with Crippen LogP contribution in [0.15, 0.2) is 30.5 Å². The van der Waals surface area contributed by atoms with Gasteiger partial charge in [-0.1, -0.05) is 12.5 Å². The van der Waals surface area contributed by atoms with Gasteiger partial charge in [0, 0.05) is 28.5 Å². The van der Waals surface area contributed by atoms with Crippen molar-refractivity contribution in [3.8, 4) is 16.9 Å². The lowest BCUT2D eigenvalue weighted by Gasteiger charge is -2.23. The van der Waals surface area contributed by atoms with Crippen LogP contribution in [0.4, 0.5) is 5.82 Å². The van der Waals surface area contributed by atoms with Gasteiger partial charge in [-0.15, -0.1) is 0 Å². The number of fused-ring (bicyclic) bond motifs is 3. The second-order valence-corrected chi connectivity index (χ2v) is 8.83. The van der Waals surface area contributed by atoms with Crippen LogP contribution in [0, 0.1) is 33.6 Å². The highest BCUT2D eigenvalue weighted by atomic mass is 16.3. The maximum Gasteiger partial charge on any atom is 0.228 e. The van der Waals surface area contributed by atoms with Crippen LogP contribution in [0.1, 0.15) is 41.8 Å². The molecule has 0 saturated heterocycles. The third-order valence-corrected chi connectivity index (χ3v) is 6.69. The Labute approximate surface area is 186 Å². The van der Waals surface area contributed by atoms with E-state index in [0.29, 0.717) is 5.82 Å². The third-order valence-electron chi connectivity index (χ3n) is 6.69. The van der Waals surface area contributed by atoms with Gasteiger partial charge in [-0.25, -0.2) is 15.0 Å². The molecule has 1 aliphatic carbocycles. The summed E-state index contributed by atoms with van der Waals surface area (Å²) in [5, 5.41) is 15.1. The average molecular weight is 427 g/mol. The van der Waals surface area contributed by atoms with E-state index in [2.05, 4.69) is 16.4 Å². The molecule has 32 heavy (non-hydrogen) atoms. The molecule has 1 fully saturated rings. The maximum atomic E-state index is 12.4. The summed E-state index contributed by atoms with van der Waals surface area (Å²) in [6.45, 7) is 7.85. The number of nitrogens with one attached hydrogen (secondary N) is 1. The zero-order valence-electron chi connectivity index (χ0n) is 18.8. The Bertz CT molecular complexity index is 1410. The molecule has 2 aromatic heterocycles. The molecule has 4 aromatic rings. The van der Waals surface area contributed by atoms with Crippen LogP contribution in [0.2, 0.25) is 0 Å². The van der Waals surface area contributed by atoms with Gasteiger partial charge in [-0.3, -0.25) is 4.79 Å². The smallest absolute Gasteiger partial charge is 0.228 e. The van der Waals surface area contributed by atoms with Crippen molar-refractivity contribution in [3.05, 3.63) is 53.0 Å². The number of rotatable bonds is 3. The Morgan fingerprint density at radius 3 is 2.44 bits per heavy atom. The molecule has 1 saturated carbocycles. The predicted octanol–water partition coefficient (Wildman–Crippen LogP) is 5.52. The number of phenolic OH excluding ortho intramolecular Hbond substituents is 1. The first kappa shape index (κ1) is 20.4. The van der Waals surface area contributed by atoms with Crippen LogP contribution in [0.25, 0.3) is 32.9 Å². The van der Waals surface area contributed by atoms with Gasteiger partial charge < -0.3 is 10.4 Å². The molecule has 162 valence electrons. The van der Waals surface area contributed by atoms with E-state index >= 15 is 0 Å². The van der Waals surface area contributed by atoms with Crippen molar-refractivity contribution < 1.29 is 9.90 Å². The summed E-state index contributed by atoms with van der Waals surface area (Å²) in [5.74, 6) is 0.914. The van der Waals surface area contributed by atoms with E-state index in [4.69, 9.17) is 9.97 Å². The number of nitrogens with zero attached hydrogens (tertiary/aromatic N) is 3. The van der Waals surface area contributed by atoms with Gasteiger partial charge in [-0.05, 0) is 75.4 Å². The molecule has 5 rings (SSSR count). The quantitative estimate of drug-likeness (QED) is 0.421. The first-order chi connectivity index (χ1) is 15.3. The van der Waals surface area contributed by atoms with E-state index in [9.17, 15) is 9.90 Å². The van der Waals surface area contributed by atoms with Gasteiger partial charge in [0.25, 0.3) is 0 Å². The van der Waals surface area contributed by atoms with Crippen molar-refractivity contribution in [2.24, 2.45) is 5.92 Å². The normalized spacial score (nSPS) is 14.0. The van der Waals surface area contributed by atoms with Gasteiger partial charge in [0.05, 0.1) is 22.4 Å². The Morgan fingerprint density at radius 1 is 1.03 bits per heavy atom. The Kier molecular flexibility index (Phi) is 4.81. The highest BCUT2D eigenvalue weighted by Crippen LogP contribution is 2.39. The highest BCUT2D eigenvalue weighted by Gasteiger charge is 2.25. The van der Waals surface area contributed by atoms with Gasteiger partial charge in [0.1, 0.15) is 11.6 Å². The summed E-state index contributed by atoms with van der Waals surface area (Å²) < 4.78 is 0. The highest BCUT2D eigenvalue weighted by molar-refractivity contribution is 6.12. The number of aryl methyl sites for hydroxylation is 3. The number of anilines is 1. The van der Waals surface area contributed by atoms with Gasteiger partial charge in [-0.2, -0.15) is 0 Å². The van der Waals surface area contributed by atoms with Gasteiger partial charge in [0.15, 0.2) is 0 Å². The lowest BCUT2D eigenvalue weighted by molar-refractivity contribution is -0.122. The number of phenols is 1. The summed E-state index contributed by atoms with van der Waals surface area (Å²) in [4.78, 5) is 26.7. The van der Waals surface area contributed by atoms with Gasteiger partial charge in [0.2, 0.25) is 5.91 Å². The summed E-state index contributed by atoms with van der Waals surface area (Å²) in [6, 6.07) is 7.58. The van der Waals surface area contributed by atoms with Crippen molar-refractivity contribution >= 4 is 33.5 Å². The topological polar surface area (TPSA) is 88.0 Å². The fourth-order valence-electron chi connectivity index (χ4n) is 4.40. The van der Waals surface area contributed by atoms with Crippen molar-refractivity contribution in [3.63, 3.8) is 0 Å². The number of aromatic nitrogens is 3. The lowest BCUT2D eigenvalue weighted by Crippen LogP contribution is -2.28. The molecule has 0 bridgehead atoms. The van der Waals surface area contributed by atoms with E-state index in [1.807, 2.05) is 39.8 Å². The van der Waals surface area contributed by atoms with Gasteiger partial charge >= 0.3 is 0 Å². The van der Waals surface area contributed by atoms with Crippen molar-refractivity contribution in [1.82, 2.24) is 15.0 Å². The Balaban J connectivity index is 1.76. The van der Waals surface area contributed by atoms with Crippen LogP contribution in [0.3, 0.4) is 0 Å². The van der Waals surface area contributed by atoms with E-state index < -0.39 is 0 Å². The molecule has 1 aliphatic rings. The van der Waals surface area contributed by atoms with Crippen LogP contribution in [-0.2, 0) is 4.79 Å². The second kappa shape index (κ2) is 7.55. The fraction of sp³-hybridized carbons (Fsp3) is 0.308. The molecule has 6 nitrogen and oxygen atoms in total. The molecule has 0 unspecified atom stereocenters. The van der Waals surface area contributed by atoms with Crippen LogP contribution in [0.5, 0.6) is 5.75 Å². The largest absolute Gasteiger partial charge is 0.508 e. The number of amides is 1. The summed E-state index contributed by atoms with van der Waals surface area (Å²) in [6.07, 6.45) is 4.77. The van der Waals surface area contributed by atoms with E-state index in [1.165, 1.54) is 0 Å². The zero-order valence-corrected chi connectivity index (χ0v) is 18.8. The molecule has 2 heterocycles. The number of carbonyl (C=O) groups excluding carboxylic acids is 1. The summed E-state index contributed by atoms with van der Waals surface area (Å²) >= 11 is 0. The average Bonchev–Trinajstić information content (AvgIpc) is 2.71. The van der Waals surface area contributed by atoms with Crippen molar-refractivity contribution in [2.75, 3.05) is 5.32 Å². The molecule has 0 atom stereocenters. The monoisotopic (exact) mass is 426 g/mol. The summed E-state index contributed by atoms with van der Waals surface area (Å²) in [7, 11) is 0. The number of pyridine rings is 1. The third kappa shape index (κ3) is 3.27. The van der Waals surface area contributed by atoms with E-state index in [0.717, 1.165) is 74.7 Å². The minimum atomic E-state index is 0.0353. The maximum absolute atomic E-state index is 12.4. The predicted molar refractivity (Wildman–Crippen MR) is 127 cm³/mol. The molecular formula is C26H26N4O2. The summed E-state index contributed by atoms with van der Waals surface area (Å²) in [5.41, 5.74) is 7.00. The molecule has 1 amide bonds. The fourth-order valence-corrected chi connectivity index (χ4v) is 4.40. The Hall–Kier alpha value is -3.54. The minimum absolute atomic E-state index is 0.0353. The number of hydrogen-bond donors (Lipinski definition) is 2. The second-order valence-electron chi connectivity index (χ2n) is 8.83. The number of aromatic hydroxyl groups is 1. The van der Waals surface area contributed by atoms with Crippen molar-refractivity contribution in [1.29, 1.82) is 0 Å². The van der Waals surface area contributed by atoms with E-state index in [-0.39, 0.29) is 17.6 Å². The van der Waals surface area contributed by atoms with Crippen molar-refractivity contribution in [2.45, 2.75) is 47.0 Å². The standard InChI is InChI=1S/C26H26N4O2/c1-13-8-9-21(31)14(2)23(13)20-10-18-12-27-22(30-26(32)17-6-5-7-17)11-19(18)24-25(20)29-16(4)15(3)28-24/h8-12,17,31H,5-7H2,1-4H3,(H,27,30,32). The zero-order chi connectivity index (χ0) is 22.6. The lowest BCUT2D eigenvalue weighted by atomic mass is 9.85. The molecule has 0 aliphatic heterocycles. The van der Waals surface area contributed by atoms with Crippen LogP contribution >= 0.6 is 0 Å². The Morgan fingerprint density at radius 2 is 1.75 bits per heavy atom. The van der Waals surface area contributed by atoms with Crippen LogP contribution < -0.4 is 5.32 Å². The van der Waals surface area contributed by atoms with E-state index in [1.54, 1.807) is 12.3 Å². The number of benzene rings is 2.